The number of aromatic nitrogens is 2. The molecule has 0 aliphatic carbocycles. The van der Waals surface area contributed by atoms with Gasteiger partial charge >= 0.3 is 0 Å². The molecule has 0 spiro atoms. The van der Waals surface area contributed by atoms with Crippen molar-refractivity contribution in [2.24, 2.45) is 10.2 Å². The van der Waals surface area contributed by atoms with Gasteiger partial charge in [-0.3, -0.25) is 0 Å². The maximum absolute atomic E-state index is 12.8. The molecule has 1 aliphatic rings. The predicted octanol–water partition coefficient (Wildman–Crippen LogP) is 3.76. The lowest BCUT2D eigenvalue weighted by atomic mass is 10.0. The lowest BCUT2D eigenvalue weighted by Gasteiger charge is -2.06. The summed E-state index contributed by atoms with van der Waals surface area (Å²) >= 11 is 3.28. The van der Waals surface area contributed by atoms with Crippen molar-refractivity contribution in [3.8, 4) is 0 Å². The maximum Gasteiger partial charge on any atom is 0.198 e. The average Bonchev–Trinajstić information content (AvgIpc) is 2.75. The third-order valence-corrected chi connectivity index (χ3v) is 3.08. The Balaban J connectivity index is 1.86. The summed E-state index contributed by atoms with van der Waals surface area (Å²) < 4.78 is 13.5. The first-order chi connectivity index (χ1) is 8.72. The lowest BCUT2D eigenvalue weighted by Crippen LogP contribution is -2.00. The Bertz CT molecular complexity index is 612. The van der Waals surface area contributed by atoms with Crippen molar-refractivity contribution in [1.82, 2.24) is 9.97 Å². The van der Waals surface area contributed by atoms with Crippen molar-refractivity contribution in [1.29, 1.82) is 0 Å². The van der Waals surface area contributed by atoms with Crippen LogP contribution in [0.4, 0.5) is 10.2 Å². The fraction of sp³-hybridized carbons (Fsp3) is 0.167. The van der Waals surface area contributed by atoms with Crippen LogP contribution in [0.5, 0.6) is 0 Å². The number of nitrogens with zero attached hydrogens (tertiary/aromatic N) is 4. The van der Waals surface area contributed by atoms with Crippen LogP contribution >= 0.6 is 15.9 Å². The fourth-order valence-electron chi connectivity index (χ4n) is 1.84. The van der Waals surface area contributed by atoms with Gasteiger partial charge in [-0.1, -0.05) is 12.1 Å². The van der Waals surface area contributed by atoms with E-state index in [4.69, 9.17) is 0 Å². The molecule has 0 saturated heterocycles. The summed E-state index contributed by atoms with van der Waals surface area (Å²) in [7, 11) is 0. The molecule has 1 atom stereocenters. The first-order valence-electron chi connectivity index (χ1n) is 5.40. The van der Waals surface area contributed by atoms with Gasteiger partial charge in [0.2, 0.25) is 0 Å². The highest BCUT2D eigenvalue weighted by molar-refractivity contribution is 9.10. The Morgan fingerprint density at radius 3 is 2.78 bits per heavy atom. The lowest BCUT2D eigenvalue weighted by molar-refractivity contribution is 0.625. The molecule has 0 amide bonds. The minimum atomic E-state index is -0.241. The maximum atomic E-state index is 12.8. The van der Waals surface area contributed by atoms with Gasteiger partial charge < -0.3 is 0 Å². The zero-order valence-corrected chi connectivity index (χ0v) is 10.8. The molecule has 6 heteroatoms. The van der Waals surface area contributed by atoms with E-state index in [-0.39, 0.29) is 11.9 Å². The van der Waals surface area contributed by atoms with E-state index < -0.39 is 0 Å². The molecule has 18 heavy (non-hydrogen) atoms. The van der Waals surface area contributed by atoms with Crippen molar-refractivity contribution in [2.45, 2.75) is 12.5 Å². The van der Waals surface area contributed by atoms with Gasteiger partial charge in [0, 0.05) is 6.42 Å². The molecule has 2 heterocycles. The molecule has 2 aromatic rings. The number of hydrogen-bond donors (Lipinski definition) is 0. The summed E-state index contributed by atoms with van der Waals surface area (Å²) in [6.07, 6.45) is 2.24. The highest BCUT2D eigenvalue weighted by Gasteiger charge is 2.24. The largest absolute Gasteiger partial charge is 0.238 e. The predicted molar refractivity (Wildman–Crippen MR) is 67.1 cm³/mol. The topological polar surface area (TPSA) is 50.5 Å². The van der Waals surface area contributed by atoms with Gasteiger partial charge in [-0.15, -0.1) is 5.11 Å². The van der Waals surface area contributed by atoms with Crippen molar-refractivity contribution >= 4 is 21.7 Å². The van der Waals surface area contributed by atoms with E-state index in [0.717, 1.165) is 11.3 Å². The van der Waals surface area contributed by atoms with Crippen LogP contribution < -0.4 is 0 Å². The van der Waals surface area contributed by atoms with Crippen molar-refractivity contribution in [3.05, 3.63) is 52.1 Å². The molecule has 4 nitrogen and oxygen atoms in total. The Morgan fingerprint density at radius 1 is 1.22 bits per heavy atom. The molecule has 0 N–H and O–H groups in total. The van der Waals surface area contributed by atoms with Gasteiger partial charge in [-0.05, 0) is 33.6 Å². The minimum absolute atomic E-state index is 0.143. The Labute approximate surface area is 111 Å². The van der Waals surface area contributed by atoms with E-state index in [1.807, 2.05) is 0 Å². The van der Waals surface area contributed by atoms with E-state index in [1.54, 1.807) is 18.3 Å². The monoisotopic (exact) mass is 306 g/mol. The molecular weight excluding hydrogens is 299 g/mol. The molecule has 3 rings (SSSR count). The van der Waals surface area contributed by atoms with Crippen LogP contribution in [0, 0.1) is 5.82 Å². The standard InChI is InChI=1S/C12H8BrFN4/c13-10-6-15-12-11(16-10)9(17-18-12)5-7-1-3-8(14)4-2-7/h1-4,6,9H,5H2. The molecule has 1 aromatic carbocycles. The van der Waals surface area contributed by atoms with Gasteiger partial charge in [0.05, 0.1) is 6.20 Å². The van der Waals surface area contributed by atoms with Crippen LogP contribution in [0.3, 0.4) is 0 Å². The number of halogens is 2. The highest BCUT2D eigenvalue weighted by atomic mass is 79.9. The summed E-state index contributed by atoms with van der Waals surface area (Å²) in [5.41, 5.74) is 1.75. The van der Waals surface area contributed by atoms with Gasteiger partial charge in [0.1, 0.15) is 22.2 Å². The van der Waals surface area contributed by atoms with E-state index >= 15 is 0 Å². The van der Waals surface area contributed by atoms with Crippen LogP contribution in [-0.2, 0) is 6.42 Å². The average molecular weight is 307 g/mol. The van der Waals surface area contributed by atoms with Gasteiger partial charge in [-0.25, -0.2) is 14.4 Å². The van der Waals surface area contributed by atoms with E-state index in [9.17, 15) is 4.39 Å². The number of hydrogen-bond acceptors (Lipinski definition) is 4. The number of rotatable bonds is 2. The smallest absolute Gasteiger partial charge is 0.198 e. The molecule has 90 valence electrons. The van der Waals surface area contributed by atoms with Crippen molar-refractivity contribution in [2.75, 3.05) is 0 Å². The number of benzene rings is 1. The fourth-order valence-corrected chi connectivity index (χ4v) is 2.13. The van der Waals surface area contributed by atoms with Crippen LogP contribution in [0.1, 0.15) is 17.3 Å². The normalized spacial score (nSPS) is 16.9. The summed E-state index contributed by atoms with van der Waals surface area (Å²) in [5, 5.41) is 8.14. The van der Waals surface area contributed by atoms with Gasteiger partial charge in [-0.2, -0.15) is 5.11 Å². The second-order valence-corrected chi connectivity index (χ2v) is 4.78. The zero-order chi connectivity index (χ0) is 12.5. The van der Waals surface area contributed by atoms with Crippen molar-refractivity contribution < 1.29 is 4.39 Å². The van der Waals surface area contributed by atoms with Gasteiger partial charge in [0.15, 0.2) is 5.82 Å². The molecule has 0 bridgehead atoms. The van der Waals surface area contributed by atoms with Crippen LogP contribution in [0.15, 0.2) is 45.3 Å². The number of fused-ring (bicyclic) bond motifs is 1. The Kier molecular flexibility index (Phi) is 2.87. The molecule has 0 fully saturated rings. The third-order valence-electron chi connectivity index (χ3n) is 2.70. The molecule has 1 aromatic heterocycles. The molecule has 0 radical (unpaired) electrons. The molecule has 1 aliphatic heterocycles. The van der Waals surface area contributed by atoms with Crippen molar-refractivity contribution in [3.63, 3.8) is 0 Å². The van der Waals surface area contributed by atoms with Gasteiger partial charge in [0.25, 0.3) is 0 Å². The summed E-state index contributed by atoms with van der Waals surface area (Å²) in [4.78, 5) is 8.48. The molecule has 0 saturated carbocycles. The summed E-state index contributed by atoms with van der Waals surface area (Å²) in [6, 6.07) is 6.22. The third kappa shape index (κ3) is 2.15. The second kappa shape index (κ2) is 4.53. The summed E-state index contributed by atoms with van der Waals surface area (Å²) in [6.45, 7) is 0. The summed E-state index contributed by atoms with van der Waals surface area (Å²) in [5.74, 6) is 0.319. The molecule has 1 unspecified atom stereocenters. The van der Waals surface area contributed by atoms with E-state index in [0.29, 0.717) is 16.8 Å². The SMILES string of the molecule is Fc1ccc(CC2N=Nc3ncc(Br)nc32)cc1. The minimum Gasteiger partial charge on any atom is -0.238 e. The van der Waals surface area contributed by atoms with Crippen LogP contribution in [0.2, 0.25) is 0 Å². The highest BCUT2D eigenvalue weighted by Crippen LogP contribution is 2.35. The Hall–Kier alpha value is -1.69. The first kappa shape index (κ1) is 11.4. The zero-order valence-electron chi connectivity index (χ0n) is 9.22. The molecular formula is C12H8BrFN4. The van der Waals surface area contributed by atoms with E-state index in [2.05, 4.69) is 36.1 Å². The quantitative estimate of drug-likeness (QED) is 0.848. The Morgan fingerprint density at radius 2 is 2.00 bits per heavy atom. The number of azo groups is 1. The second-order valence-electron chi connectivity index (χ2n) is 3.96. The first-order valence-corrected chi connectivity index (χ1v) is 6.19. The van der Waals surface area contributed by atoms with Crippen LogP contribution in [-0.4, -0.2) is 9.97 Å². The van der Waals surface area contributed by atoms with E-state index in [1.165, 1.54) is 12.1 Å². The van der Waals surface area contributed by atoms with Crippen LogP contribution in [0.25, 0.3) is 0 Å².